The molecule has 1 fully saturated rings. The van der Waals surface area contributed by atoms with E-state index >= 15 is 0 Å². The van der Waals surface area contributed by atoms with E-state index in [2.05, 4.69) is 15.5 Å². The first-order valence-electron chi connectivity index (χ1n) is 9.18. The number of aryl methyl sites for hydroxylation is 1. The minimum atomic E-state index is -1.18. The van der Waals surface area contributed by atoms with E-state index in [0.717, 1.165) is 4.90 Å². The average Bonchev–Trinajstić information content (AvgIpc) is 3.33. The summed E-state index contributed by atoms with van der Waals surface area (Å²) in [4.78, 5) is 42.4. The van der Waals surface area contributed by atoms with Gasteiger partial charge in [-0.15, -0.1) is 0 Å². The third-order valence-corrected chi connectivity index (χ3v) is 4.73. The number of nitrogens with zero attached hydrogens (tertiary/aromatic N) is 3. The van der Waals surface area contributed by atoms with Crippen molar-refractivity contribution in [3.63, 3.8) is 0 Å². The Morgan fingerprint density at radius 3 is 2.70 bits per heavy atom. The number of carbonyl (C=O) groups excluding carboxylic acids is 3. The van der Waals surface area contributed by atoms with E-state index in [1.807, 2.05) is 0 Å². The number of hydrogen-bond acceptors (Lipinski definition) is 7. The van der Waals surface area contributed by atoms with Crippen molar-refractivity contribution in [2.24, 2.45) is 0 Å². The van der Waals surface area contributed by atoms with Crippen molar-refractivity contribution in [2.45, 2.75) is 20.0 Å². The number of carbonyl (C=O) groups is 3. The van der Waals surface area contributed by atoms with Crippen LogP contribution in [0.3, 0.4) is 0 Å². The molecule has 0 unspecified atom stereocenters. The van der Waals surface area contributed by atoms with Gasteiger partial charge in [-0.05, 0) is 44.2 Å². The monoisotopic (exact) mass is 412 g/mol. The highest BCUT2D eigenvalue weighted by atomic mass is 19.1. The van der Waals surface area contributed by atoms with Crippen LogP contribution in [0.1, 0.15) is 23.0 Å². The summed E-state index contributed by atoms with van der Waals surface area (Å²) in [6.07, 6.45) is -1.18. The standard InChI is InChI=1S/C20H17FN4O5/c1-10-16-14(19(27)29-11(2)18(26)25-8-7-22-20(25)28)9-15(23-17(16)30-24-10)12-3-5-13(21)6-4-12/h3-6,9,11H,7-8H2,1-2H3,(H,22,28)/t11-/m1/s1. The first-order valence-corrected chi connectivity index (χ1v) is 9.18. The summed E-state index contributed by atoms with van der Waals surface area (Å²) in [6, 6.07) is 6.52. The number of nitrogens with one attached hydrogen (secondary N) is 1. The number of urea groups is 1. The Labute approximate surface area is 169 Å². The predicted molar refractivity (Wildman–Crippen MR) is 102 cm³/mol. The Kier molecular flexibility index (Phi) is 4.90. The number of benzene rings is 1. The lowest BCUT2D eigenvalue weighted by molar-refractivity contribution is -0.136. The van der Waals surface area contributed by atoms with Crippen LogP contribution >= 0.6 is 0 Å². The van der Waals surface area contributed by atoms with Crippen LogP contribution in [0, 0.1) is 12.7 Å². The van der Waals surface area contributed by atoms with Crippen LogP contribution in [0.25, 0.3) is 22.4 Å². The van der Waals surface area contributed by atoms with E-state index in [9.17, 15) is 18.8 Å². The van der Waals surface area contributed by atoms with Crippen LogP contribution in [0.15, 0.2) is 34.9 Å². The van der Waals surface area contributed by atoms with Gasteiger partial charge >= 0.3 is 12.0 Å². The molecule has 0 spiro atoms. The van der Waals surface area contributed by atoms with Gasteiger partial charge in [0.15, 0.2) is 6.10 Å². The molecule has 1 N–H and O–H groups in total. The van der Waals surface area contributed by atoms with Gasteiger partial charge < -0.3 is 14.6 Å². The zero-order valence-corrected chi connectivity index (χ0v) is 16.1. The number of hydrogen-bond donors (Lipinski definition) is 1. The molecule has 1 aliphatic rings. The highest BCUT2D eigenvalue weighted by molar-refractivity contribution is 6.05. The maximum atomic E-state index is 13.3. The zero-order chi connectivity index (χ0) is 21.4. The maximum Gasteiger partial charge on any atom is 0.339 e. The molecule has 3 amide bonds. The number of fused-ring (bicyclic) bond motifs is 1. The van der Waals surface area contributed by atoms with E-state index in [-0.39, 0.29) is 17.8 Å². The van der Waals surface area contributed by atoms with Crippen molar-refractivity contribution in [3.8, 4) is 11.3 Å². The van der Waals surface area contributed by atoms with Crippen molar-refractivity contribution in [3.05, 3.63) is 47.4 Å². The Morgan fingerprint density at radius 2 is 2.03 bits per heavy atom. The van der Waals surface area contributed by atoms with Gasteiger partial charge in [-0.1, -0.05) is 5.16 Å². The summed E-state index contributed by atoms with van der Waals surface area (Å²) in [5.74, 6) is -1.82. The summed E-state index contributed by atoms with van der Waals surface area (Å²) in [5.41, 5.74) is 1.54. The molecule has 3 aromatic rings. The lowest BCUT2D eigenvalue weighted by Crippen LogP contribution is -2.41. The maximum absolute atomic E-state index is 13.3. The molecule has 0 aliphatic carbocycles. The van der Waals surface area contributed by atoms with Crippen LogP contribution in [-0.2, 0) is 9.53 Å². The Balaban J connectivity index is 1.67. The normalized spacial score (nSPS) is 14.6. The number of esters is 1. The number of halogens is 1. The molecule has 1 atom stereocenters. The Morgan fingerprint density at radius 1 is 1.30 bits per heavy atom. The van der Waals surface area contributed by atoms with Crippen LogP contribution in [0.2, 0.25) is 0 Å². The van der Waals surface area contributed by atoms with Gasteiger partial charge in [0.05, 0.1) is 22.3 Å². The number of aromatic nitrogens is 2. The minimum absolute atomic E-state index is 0.101. The Bertz CT molecular complexity index is 1160. The fourth-order valence-electron chi connectivity index (χ4n) is 3.20. The van der Waals surface area contributed by atoms with E-state index in [4.69, 9.17) is 9.26 Å². The van der Waals surface area contributed by atoms with Crippen molar-refractivity contribution in [1.82, 2.24) is 20.4 Å². The van der Waals surface area contributed by atoms with Gasteiger partial charge in [-0.3, -0.25) is 9.69 Å². The SMILES string of the molecule is Cc1noc2nc(-c3ccc(F)cc3)cc(C(=O)O[C@H](C)C(=O)N3CCNC3=O)c12. The highest BCUT2D eigenvalue weighted by Crippen LogP contribution is 2.28. The van der Waals surface area contributed by atoms with Crippen molar-refractivity contribution in [2.75, 3.05) is 13.1 Å². The molecule has 10 heteroatoms. The number of rotatable bonds is 4. The summed E-state index contributed by atoms with van der Waals surface area (Å²) < 4.78 is 23.8. The average molecular weight is 412 g/mol. The molecule has 1 saturated heterocycles. The second kappa shape index (κ2) is 7.54. The molecule has 0 saturated carbocycles. The topological polar surface area (TPSA) is 115 Å². The number of ether oxygens (including phenoxy) is 1. The molecule has 3 heterocycles. The molecule has 2 aromatic heterocycles. The lowest BCUT2D eigenvalue weighted by Gasteiger charge is -2.18. The van der Waals surface area contributed by atoms with Gasteiger partial charge in [-0.25, -0.2) is 19.0 Å². The largest absolute Gasteiger partial charge is 0.449 e. The van der Waals surface area contributed by atoms with Crippen molar-refractivity contribution < 1.29 is 28.0 Å². The molecular weight excluding hydrogens is 395 g/mol. The van der Waals surface area contributed by atoms with E-state index < -0.39 is 29.8 Å². The molecule has 1 aliphatic heterocycles. The fraction of sp³-hybridized carbons (Fsp3) is 0.250. The number of pyridine rings is 1. The van der Waals surface area contributed by atoms with Crippen molar-refractivity contribution in [1.29, 1.82) is 0 Å². The molecule has 1 aromatic carbocycles. The molecule has 9 nitrogen and oxygen atoms in total. The number of imide groups is 1. The second-order valence-electron chi connectivity index (χ2n) is 6.78. The van der Waals surface area contributed by atoms with Gasteiger partial charge in [0.25, 0.3) is 11.6 Å². The lowest BCUT2D eigenvalue weighted by atomic mass is 10.1. The second-order valence-corrected chi connectivity index (χ2v) is 6.78. The fourth-order valence-corrected chi connectivity index (χ4v) is 3.20. The van der Waals surface area contributed by atoms with Crippen LogP contribution < -0.4 is 5.32 Å². The van der Waals surface area contributed by atoms with Gasteiger partial charge in [-0.2, -0.15) is 0 Å². The Hall–Kier alpha value is -3.82. The summed E-state index contributed by atoms with van der Waals surface area (Å²) in [7, 11) is 0. The third kappa shape index (κ3) is 3.47. The molecule has 0 bridgehead atoms. The third-order valence-electron chi connectivity index (χ3n) is 4.73. The molecule has 30 heavy (non-hydrogen) atoms. The van der Waals surface area contributed by atoms with Crippen LogP contribution in [0.5, 0.6) is 0 Å². The quantitative estimate of drug-likeness (QED) is 0.655. The van der Waals surface area contributed by atoms with Gasteiger partial charge in [0.1, 0.15) is 5.82 Å². The van der Waals surface area contributed by atoms with E-state index in [1.165, 1.54) is 37.3 Å². The zero-order valence-electron chi connectivity index (χ0n) is 16.1. The first-order chi connectivity index (χ1) is 14.3. The molecule has 0 radical (unpaired) electrons. The number of amides is 3. The first kappa shape index (κ1) is 19.5. The van der Waals surface area contributed by atoms with Crippen molar-refractivity contribution >= 4 is 29.0 Å². The summed E-state index contributed by atoms with van der Waals surface area (Å²) >= 11 is 0. The van der Waals surface area contributed by atoms with Crippen LogP contribution in [0.4, 0.5) is 9.18 Å². The van der Waals surface area contributed by atoms with Gasteiger partial charge in [0, 0.05) is 18.7 Å². The predicted octanol–water partition coefficient (Wildman–Crippen LogP) is 2.43. The highest BCUT2D eigenvalue weighted by Gasteiger charge is 2.32. The van der Waals surface area contributed by atoms with E-state index in [1.54, 1.807) is 6.92 Å². The smallest absolute Gasteiger partial charge is 0.339 e. The molecule has 154 valence electrons. The molecule has 4 rings (SSSR count). The van der Waals surface area contributed by atoms with Crippen LogP contribution in [-0.4, -0.2) is 52.1 Å². The van der Waals surface area contributed by atoms with E-state index in [0.29, 0.717) is 28.9 Å². The summed E-state index contributed by atoms with van der Waals surface area (Å²) in [5, 5.41) is 6.71. The summed E-state index contributed by atoms with van der Waals surface area (Å²) in [6.45, 7) is 3.59. The van der Waals surface area contributed by atoms with Gasteiger partial charge in [0.2, 0.25) is 0 Å². The minimum Gasteiger partial charge on any atom is -0.449 e. The molecular formula is C20H17FN4O5.